The van der Waals surface area contributed by atoms with E-state index in [2.05, 4.69) is 19.7 Å². The summed E-state index contributed by atoms with van der Waals surface area (Å²) in [6.07, 6.45) is -0.513. The minimum absolute atomic E-state index is 0.409. The number of benzene rings is 1. The topological polar surface area (TPSA) is 97.5 Å². The van der Waals surface area contributed by atoms with Gasteiger partial charge in [0.05, 0.1) is 19.9 Å². The van der Waals surface area contributed by atoms with Gasteiger partial charge in [-0.1, -0.05) is 11.6 Å². The van der Waals surface area contributed by atoms with Gasteiger partial charge in [-0.25, -0.2) is 4.79 Å². The smallest absolute Gasteiger partial charge is 0.362 e. The highest BCUT2D eigenvalue weighted by atomic mass is 35.5. The highest BCUT2D eigenvalue weighted by Crippen LogP contribution is 2.19. The van der Waals surface area contributed by atoms with Crippen molar-refractivity contribution in [2.24, 2.45) is 10.2 Å². The summed E-state index contributed by atoms with van der Waals surface area (Å²) in [6.45, 7) is 0. The van der Waals surface area contributed by atoms with Gasteiger partial charge in [0.15, 0.2) is 0 Å². The molecular weight excluding hydrogens is 300 g/mol. The lowest BCUT2D eigenvalue weighted by Crippen LogP contribution is -2.09. The van der Waals surface area contributed by atoms with Crippen molar-refractivity contribution in [1.82, 2.24) is 0 Å². The van der Waals surface area contributed by atoms with Gasteiger partial charge in [0.25, 0.3) is 0 Å². The van der Waals surface area contributed by atoms with E-state index in [9.17, 15) is 14.7 Å². The molecule has 0 aromatic heterocycles. The fourth-order valence-electron chi connectivity index (χ4n) is 1.22. The fourth-order valence-corrected chi connectivity index (χ4v) is 1.35. The summed E-state index contributed by atoms with van der Waals surface area (Å²) in [5.74, 6) is -2.24. The van der Waals surface area contributed by atoms with Gasteiger partial charge < -0.3 is 14.6 Å². The van der Waals surface area contributed by atoms with Crippen LogP contribution < -0.4 is 0 Å². The van der Waals surface area contributed by atoms with Crippen molar-refractivity contribution in [1.29, 1.82) is 0 Å². The average Bonchev–Trinajstić information content (AvgIpc) is 2.48. The van der Waals surface area contributed by atoms with Crippen LogP contribution in [0.15, 0.2) is 46.0 Å². The number of carbonyl (C=O) groups is 2. The van der Waals surface area contributed by atoms with Crippen LogP contribution >= 0.6 is 11.6 Å². The molecule has 8 heteroatoms. The number of nitrogens with zero attached hydrogens (tertiary/aromatic N) is 2. The van der Waals surface area contributed by atoms with Crippen LogP contribution in [0.1, 0.15) is 6.42 Å². The maximum Gasteiger partial charge on any atom is 0.362 e. The molecule has 0 aliphatic rings. The lowest BCUT2D eigenvalue weighted by molar-refractivity contribution is -0.140. The van der Waals surface area contributed by atoms with Crippen molar-refractivity contribution in [3.05, 3.63) is 40.7 Å². The second-order valence-corrected chi connectivity index (χ2v) is 4.15. The first-order chi connectivity index (χ1) is 9.97. The molecule has 0 saturated carbocycles. The van der Waals surface area contributed by atoms with E-state index in [1.165, 1.54) is 0 Å². The molecular formula is C13H13ClN2O5. The molecule has 7 nitrogen and oxygen atoms in total. The molecule has 0 radical (unpaired) electrons. The van der Waals surface area contributed by atoms with Crippen molar-refractivity contribution in [2.45, 2.75) is 6.42 Å². The number of rotatable bonds is 5. The number of aliphatic hydroxyl groups excluding tert-OH is 1. The Balaban J connectivity index is 3.03. The van der Waals surface area contributed by atoms with Crippen LogP contribution in [0.5, 0.6) is 0 Å². The Hall–Kier alpha value is -2.41. The van der Waals surface area contributed by atoms with E-state index in [1.807, 2.05) is 0 Å². The summed E-state index contributed by atoms with van der Waals surface area (Å²) < 4.78 is 8.86. The molecule has 0 saturated heterocycles. The quantitative estimate of drug-likeness (QED) is 0.390. The largest absolute Gasteiger partial charge is 0.509 e. The summed E-state index contributed by atoms with van der Waals surface area (Å²) in [6, 6.07) is 6.31. The zero-order valence-corrected chi connectivity index (χ0v) is 12.1. The molecule has 112 valence electrons. The molecule has 0 amide bonds. The first-order valence-electron chi connectivity index (χ1n) is 5.72. The summed E-state index contributed by atoms with van der Waals surface area (Å²) in [7, 11) is 2.27. The van der Waals surface area contributed by atoms with Crippen molar-refractivity contribution in [3.8, 4) is 0 Å². The Morgan fingerprint density at radius 3 is 2.33 bits per heavy atom. The van der Waals surface area contributed by atoms with Crippen LogP contribution in [0, 0.1) is 0 Å². The van der Waals surface area contributed by atoms with Crippen LogP contribution in [0.4, 0.5) is 5.69 Å². The first-order valence-corrected chi connectivity index (χ1v) is 6.10. The lowest BCUT2D eigenvalue weighted by atomic mass is 10.3. The van der Waals surface area contributed by atoms with Gasteiger partial charge in [-0.15, -0.1) is 5.11 Å². The number of carbonyl (C=O) groups excluding carboxylic acids is 2. The molecule has 1 aromatic carbocycles. The monoisotopic (exact) mass is 312 g/mol. The van der Waals surface area contributed by atoms with E-state index in [0.717, 1.165) is 14.2 Å². The Kier molecular flexibility index (Phi) is 6.35. The Labute approximate surface area is 125 Å². The van der Waals surface area contributed by atoms with Gasteiger partial charge in [-0.2, -0.15) is 5.11 Å². The molecule has 1 rings (SSSR count). The average molecular weight is 313 g/mol. The molecule has 0 spiro atoms. The van der Waals surface area contributed by atoms with Crippen LogP contribution in [0.25, 0.3) is 0 Å². The summed E-state index contributed by atoms with van der Waals surface area (Å²) in [4.78, 5) is 22.6. The highest BCUT2D eigenvalue weighted by molar-refractivity contribution is 6.30. The highest BCUT2D eigenvalue weighted by Gasteiger charge is 2.18. The van der Waals surface area contributed by atoms with Crippen LogP contribution in [-0.2, 0) is 19.1 Å². The lowest BCUT2D eigenvalue weighted by Gasteiger charge is -2.03. The molecule has 1 aromatic rings. The van der Waals surface area contributed by atoms with Gasteiger partial charge in [0, 0.05) is 5.02 Å². The van der Waals surface area contributed by atoms with Crippen molar-refractivity contribution in [2.75, 3.05) is 14.2 Å². The number of methoxy groups -OCH3 is 2. The number of ether oxygens (including phenoxy) is 2. The van der Waals surface area contributed by atoms with E-state index < -0.39 is 29.8 Å². The third-order valence-corrected chi connectivity index (χ3v) is 2.54. The summed E-state index contributed by atoms with van der Waals surface area (Å²) in [5, 5.41) is 17.6. The normalized spacial score (nSPS) is 12.0. The molecule has 0 heterocycles. The summed E-state index contributed by atoms with van der Waals surface area (Å²) in [5.41, 5.74) is -0.0653. The molecule has 21 heavy (non-hydrogen) atoms. The standard InChI is InChI=1S/C13H13ClN2O5/c1-20-11(18)7-10(17)12(13(19)21-2)16-15-9-5-3-8(14)4-6-9/h3-6,17H,7H2,1-2H3/b12-10+,16-15?. The molecule has 0 unspecified atom stereocenters. The third-order valence-electron chi connectivity index (χ3n) is 2.28. The molecule has 0 fully saturated rings. The Bertz CT molecular complexity index is 581. The number of halogens is 1. The Morgan fingerprint density at radius 2 is 1.81 bits per heavy atom. The molecule has 1 N–H and O–H groups in total. The number of hydrogen-bond donors (Lipinski definition) is 1. The maximum atomic E-state index is 11.5. The van der Waals surface area contributed by atoms with Crippen LogP contribution in [0.3, 0.4) is 0 Å². The van der Waals surface area contributed by atoms with E-state index in [0.29, 0.717) is 10.7 Å². The van der Waals surface area contributed by atoms with Gasteiger partial charge in [-0.3, -0.25) is 4.79 Å². The number of hydrogen-bond acceptors (Lipinski definition) is 7. The molecule has 0 aliphatic heterocycles. The number of azo groups is 1. The zero-order valence-electron chi connectivity index (χ0n) is 11.4. The fraction of sp³-hybridized carbons (Fsp3) is 0.231. The minimum atomic E-state index is -0.922. The maximum absolute atomic E-state index is 11.5. The number of aliphatic hydroxyl groups is 1. The molecule has 0 bridgehead atoms. The van der Waals surface area contributed by atoms with Crippen LogP contribution in [-0.4, -0.2) is 31.3 Å². The van der Waals surface area contributed by atoms with E-state index in [1.54, 1.807) is 24.3 Å². The van der Waals surface area contributed by atoms with E-state index >= 15 is 0 Å². The zero-order chi connectivity index (χ0) is 15.8. The molecule has 0 aliphatic carbocycles. The van der Waals surface area contributed by atoms with Crippen molar-refractivity contribution >= 4 is 29.2 Å². The summed E-state index contributed by atoms with van der Waals surface area (Å²) >= 11 is 5.72. The minimum Gasteiger partial charge on any atom is -0.509 e. The van der Waals surface area contributed by atoms with Crippen molar-refractivity contribution in [3.63, 3.8) is 0 Å². The van der Waals surface area contributed by atoms with Crippen LogP contribution in [0.2, 0.25) is 5.02 Å². The second kappa shape index (κ2) is 8.01. The van der Waals surface area contributed by atoms with Gasteiger partial charge in [-0.05, 0) is 24.3 Å². The SMILES string of the molecule is COC(=O)C/C(O)=C(\N=Nc1ccc(Cl)cc1)C(=O)OC. The van der Waals surface area contributed by atoms with Gasteiger partial charge in [0.1, 0.15) is 12.2 Å². The Morgan fingerprint density at radius 1 is 1.19 bits per heavy atom. The second-order valence-electron chi connectivity index (χ2n) is 3.72. The van der Waals surface area contributed by atoms with Gasteiger partial charge in [0.2, 0.25) is 5.70 Å². The predicted octanol–water partition coefficient (Wildman–Crippen LogP) is 2.93. The molecule has 0 atom stereocenters. The van der Waals surface area contributed by atoms with Crippen molar-refractivity contribution < 1.29 is 24.2 Å². The third kappa shape index (κ3) is 5.23. The first kappa shape index (κ1) is 16.6. The van der Waals surface area contributed by atoms with E-state index in [4.69, 9.17) is 11.6 Å². The van der Waals surface area contributed by atoms with E-state index in [-0.39, 0.29) is 0 Å². The van der Waals surface area contributed by atoms with Gasteiger partial charge >= 0.3 is 11.9 Å². The number of esters is 2. The predicted molar refractivity (Wildman–Crippen MR) is 74.3 cm³/mol.